The summed E-state index contributed by atoms with van der Waals surface area (Å²) in [6, 6.07) is 14.8. The van der Waals surface area contributed by atoms with Gasteiger partial charge < -0.3 is 24.1 Å². The number of ether oxygens (including phenoxy) is 2. The molecule has 0 aliphatic carbocycles. The van der Waals surface area contributed by atoms with E-state index in [0.717, 1.165) is 5.56 Å². The van der Waals surface area contributed by atoms with Crippen molar-refractivity contribution in [1.29, 1.82) is 0 Å². The highest BCUT2D eigenvalue weighted by atomic mass is 16.5. The van der Waals surface area contributed by atoms with E-state index in [1.807, 2.05) is 38.1 Å². The van der Waals surface area contributed by atoms with Gasteiger partial charge in [0, 0.05) is 17.5 Å². The number of hydrogen-bond acceptors (Lipinski definition) is 7. The second-order valence-electron chi connectivity index (χ2n) is 8.51. The van der Waals surface area contributed by atoms with Gasteiger partial charge in [-0.25, -0.2) is 0 Å². The fourth-order valence-electron chi connectivity index (χ4n) is 4.33. The van der Waals surface area contributed by atoms with Gasteiger partial charge in [-0.2, -0.15) is 0 Å². The van der Waals surface area contributed by atoms with Crippen LogP contribution in [0.2, 0.25) is 0 Å². The molecule has 0 radical (unpaired) electrons. The zero-order valence-electron chi connectivity index (χ0n) is 18.6. The highest BCUT2D eigenvalue weighted by Crippen LogP contribution is 2.46. The van der Waals surface area contributed by atoms with E-state index < -0.39 is 17.3 Å². The van der Waals surface area contributed by atoms with E-state index in [1.165, 1.54) is 24.5 Å². The summed E-state index contributed by atoms with van der Waals surface area (Å²) in [5.41, 5.74) is 1.82. The van der Waals surface area contributed by atoms with Crippen molar-refractivity contribution in [2.24, 2.45) is 0 Å². The lowest BCUT2D eigenvalue weighted by Gasteiger charge is -2.26. The predicted octanol–water partition coefficient (Wildman–Crippen LogP) is 5.10. The molecule has 34 heavy (non-hydrogen) atoms. The first-order valence-electron chi connectivity index (χ1n) is 10.9. The van der Waals surface area contributed by atoms with Crippen LogP contribution in [0.15, 0.2) is 70.1 Å². The van der Waals surface area contributed by atoms with Crippen molar-refractivity contribution in [1.82, 2.24) is 0 Å². The van der Waals surface area contributed by atoms with Gasteiger partial charge in [0.25, 0.3) is 0 Å². The monoisotopic (exact) mass is 458 g/mol. The van der Waals surface area contributed by atoms with Gasteiger partial charge >= 0.3 is 5.97 Å². The number of aromatic hydroxyl groups is 2. The van der Waals surface area contributed by atoms with Crippen LogP contribution >= 0.6 is 0 Å². The Morgan fingerprint density at radius 2 is 1.79 bits per heavy atom. The Kier molecular flexibility index (Phi) is 5.24. The molecular formula is C27H22O7. The Balaban J connectivity index is 1.72. The van der Waals surface area contributed by atoms with Crippen molar-refractivity contribution < 1.29 is 28.9 Å². The molecule has 1 aromatic heterocycles. The molecule has 0 bridgehead atoms. The van der Waals surface area contributed by atoms with Gasteiger partial charge in [0.1, 0.15) is 40.2 Å². The molecule has 5 rings (SSSR count). The van der Waals surface area contributed by atoms with Crippen molar-refractivity contribution >= 4 is 16.9 Å². The maximum atomic E-state index is 13.4. The van der Waals surface area contributed by atoms with Gasteiger partial charge in [0.15, 0.2) is 0 Å². The van der Waals surface area contributed by atoms with E-state index >= 15 is 0 Å². The number of carbonyl (C=O) groups is 1. The maximum Gasteiger partial charge on any atom is 0.312 e. The molecule has 1 atom stereocenters. The zero-order valence-corrected chi connectivity index (χ0v) is 18.6. The quantitative estimate of drug-likeness (QED) is 0.324. The zero-order chi connectivity index (χ0) is 24.0. The Hall–Kier alpha value is -4.26. The van der Waals surface area contributed by atoms with Crippen LogP contribution in [0.4, 0.5) is 0 Å². The van der Waals surface area contributed by atoms with Gasteiger partial charge in [-0.1, -0.05) is 24.3 Å². The van der Waals surface area contributed by atoms with Crippen LogP contribution in [0.25, 0.3) is 22.1 Å². The summed E-state index contributed by atoms with van der Waals surface area (Å²) < 4.78 is 17.2. The molecule has 0 saturated carbocycles. The lowest BCUT2D eigenvalue weighted by molar-refractivity contribution is -0.135. The van der Waals surface area contributed by atoms with Crippen LogP contribution in [0, 0.1) is 0 Å². The number of hydrogen-bond donors (Lipinski definition) is 2. The molecule has 0 spiro atoms. The first-order valence-corrected chi connectivity index (χ1v) is 10.9. The average molecular weight is 458 g/mol. The summed E-state index contributed by atoms with van der Waals surface area (Å²) in [6.07, 6.45) is 1.34. The molecule has 1 aliphatic heterocycles. The van der Waals surface area contributed by atoms with Crippen molar-refractivity contribution in [2.75, 3.05) is 0 Å². The van der Waals surface area contributed by atoms with Gasteiger partial charge in [0.05, 0.1) is 18.1 Å². The normalized spacial score (nSPS) is 15.3. The lowest BCUT2D eigenvalue weighted by Crippen LogP contribution is -2.22. The topological polar surface area (TPSA) is 106 Å². The number of phenols is 2. The largest absolute Gasteiger partial charge is 0.508 e. The molecule has 3 aromatic carbocycles. The number of rotatable bonds is 4. The van der Waals surface area contributed by atoms with E-state index in [0.29, 0.717) is 16.9 Å². The second-order valence-corrected chi connectivity index (χ2v) is 8.51. The lowest BCUT2D eigenvalue weighted by atomic mass is 9.85. The summed E-state index contributed by atoms with van der Waals surface area (Å²) >= 11 is 0. The summed E-state index contributed by atoms with van der Waals surface area (Å²) in [5, 5.41) is 20.3. The average Bonchev–Trinajstić information content (AvgIpc) is 2.79. The third-order valence-corrected chi connectivity index (χ3v) is 5.78. The molecule has 0 amide bonds. The van der Waals surface area contributed by atoms with Gasteiger partial charge in [-0.3, -0.25) is 9.59 Å². The Labute approximate surface area is 194 Å². The minimum Gasteiger partial charge on any atom is -0.508 e. The first-order chi connectivity index (χ1) is 16.3. The molecule has 0 fully saturated rings. The minimum absolute atomic E-state index is 0.00172. The van der Waals surface area contributed by atoms with Crippen LogP contribution in [0.5, 0.6) is 23.0 Å². The molecule has 2 N–H and O–H groups in total. The standard InChI is InChI=1S/C27H22O7/c1-14(2)33-18-5-3-4-16(10-18)19-11-23(30)34-22-12-21(29)25-26(31)20(13-32-27(25)24(19)22)15-6-8-17(28)9-7-15/h3-10,12-14,19,28-29H,11H2,1-2H3/t19-/m1/s1. The molecule has 4 aromatic rings. The van der Waals surface area contributed by atoms with Crippen LogP contribution in [-0.2, 0) is 4.79 Å². The third-order valence-electron chi connectivity index (χ3n) is 5.78. The fraction of sp³-hybridized carbons (Fsp3) is 0.185. The summed E-state index contributed by atoms with van der Waals surface area (Å²) in [6.45, 7) is 3.85. The number of benzene rings is 3. The number of carbonyl (C=O) groups excluding carboxylic acids is 1. The SMILES string of the molecule is CC(C)Oc1cccc([C@H]2CC(=O)Oc3cc(O)c4c(=O)c(-c5ccc(O)cc5)coc4c32)c1. The smallest absolute Gasteiger partial charge is 0.312 e. The Bertz CT molecular complexity index is 1470. The number of phenolic OH excluding ortho intramolecular Hbond substituents is 2. The fourth-order valence-corrected chi connectivity index (χ4v) is 4.33. The van der Waals surface area contributed by atoms with E-state index in [-0.39, 0.29) is 46.3 Å². The van der Waals surface area contributed by atoms with E-state index in [4.69, 9.17) is 13.9 Å². The van der Waals surface area contributed by atoms with Gasteiger partial charge in [-0.15, -0.1) is 0 Å². The van der Waals surface area contributed by atoms with Crippen molar-refractivity contribution in [3.63, 3.8) is 0 Å². The second kappa shape index (κ2) is 8.26. The molecule has 0 saturated heterocycles. The highest BCUT2D eigenvalue weighted by Gasteiger charge is 2.34. The van der Waals surface area contributed by atoms with Crippen LogP contribution in [0.3, 0.4) is 0 Å². The summed E-state index contributed by atoms with van der Waals surface area (Å²) in [5.74, 6) is -0.367. The van der Waals surface area contributed by atoms with E-state index in [2.05, 4.69) is 0 Å². The Morgan fingerprint density at radius 1 is 1.03 bits per heavy atom. The molecular weight excluding hydrogens is 436 g/mol. The predicted molar refractivity (Wildman–Crippen MR) is 126 cm³/mol. The highest BCUT2D eigenvalue weighted by molar-refractivity contribution is 5.94. The Morgan fingerprint density at radius 3 is 2.53 bits per heavy atom. The summed E-state index contributed by atoms with van der Waals surface area (Å²) in [4.78, 5) is 25.8. The van der Waals surface area contributed by atoms with E-state index in [1.54, 1.807) is 12.1 Å². The number of fused-ring (bicyclic) bond motifs is 3. The van der Waals surface area contributed by atoms with Gasteiger partial charge in [0.2, 0.25) is 5.43 Å². The van der Waals surface area contributed by atoms with Crippen molar-refractivity contribution in [3.8, 4) is 34.1 Å². The molecule has 7 heteroatoms. The molecule has 0 unspecified atom stereocenters. The van der Waals surface area contributed by atoms with Crippen molar-refractivity contribution in [2.45, 2.75) is 32.3 Å². The van der Waals surface area contributed by atoms with Crippen LogP contribution < -0.4 is 14.9 Å². The van der Waals surface area contributed by atoms with Crippen molar-refractivity contribution in [3.05, 3.63) is 82.2 Å². The van der Waals surface area contributed by atoms with E-state index in [9.17, 15) is 19.8 Å². The van der Waals surface area contributed by atoms with Crippen LogP contribution in [0.1, 0.15) is 37.3 Å². The molecule has 172 valence electrons. The number of esters is 1. The summed E-state index contributed by atoms with van der Waals surface area (Å²) in [7, 11) is 0. The minimum atomic E-state index is -0.460. The molecule has 2 heterocycles. The molecule has 7 nitrogen and oxygen atoms in total. The third kappa shape index (κ3) is 3.75. The van der Waals surface area contributed by atoms with Gasteiger partial charge in [-0.05, 0) is 49.2 Å². The first kappa shape index (κ1) is 21.6. The van der Waals surface area contributed by atoms with Crippen LogP contribution in [-0.4, -0.2) is 22.3 Å². The maximum absolute atomic E-state index is 13.4. The molecule has 1 aliphatic rings.